The maximum absolute atomic E-state index is 12.2. The van der Waals surface area contributed by atoms with Gasteiger partial charge in [0, 0.05) is 24.7 Å². The number of hydrogen-bond acceptors (Lipinski definition) is 3. The summed E-state index contributed by atoms with van der Waals surface area (Å²) in [6.45, 7) is 14.3. The molecule has 1 atom stereocenters. The third-order valence-electron chi connectivity index (χ3n) is 3.99. The van der Waals surface area contributed by atoms with Crippen LogP contribution in [-0.2, 0) is 4.79 Å². The maximum Gasteiger partial charge on any atom is 0.234 e. The van der Waals surface area contributed by atoms with Crippen molar-refractivity contribution >= 4 is 5.91 Å². The molecule has 0 aliphatic carbocycles. The molecule has 1 amide bonds. The number of nitrogens with one attached hydrogen (secondary N) is 2. The van der Waals surface area contributed by atoms with Gasteiger partial charge in [-0.3, -0.25) is 9.69 Å². The van der Waals surface area contributed by atoms with Gasteiger partial charge in [0.2, 0.25) is 5.91 Å². The summed E-state index contributed by atoms with van der Waals surface area (Å²) in [6, 6.07) is 0.556. The number of hydrogen-bond donors (Lipinski definition) is 2. The Morgan fingerprint density at radius 1 is 1.45 bits per heavy atom. The van der Waals surface area contributed by atoms with Crippen LogP contribution in [0.1, 0.15) is 53.9 Å². The monoisotopic (exact) mass is 283 g/mol. The lowest BCUT2D eigenvalue weighted by molar-refractivity contribution is -0.124. The Labute approximate surface area is 124 Å². The molecule has 1 saturated heterocycles. The van der Waals surface area contributed by atoms with Crippen molar-refractivity contribution < 1.29 is 4.79 Å². The molecule has 1 fully saturated rings. The van der Waals surface area contributed by atoms with Crippen LogP contribution in [0.3, 0.4) is 0 Å². The van der Waals surface area contributed by atoms with Crippen molar-refractivity contribution in [1.82, 2.24) is 15.5 Å². The molecular weight excluding hydrogens is 250 g/mol. The fourth-order valence-electron chi connectivity index (χ4n) is 2.65. The molecule has 0 spiro atoms. The average Bonchev–Trinajstić information content (AvgIpc) is 2.79. The third-order valence-corrected chi connectivity index (χ3v) is 3.99. The molecule has 20 heavy (non-hydrogen) atoms. The van der Waals surface area contributed by atoms with Gasteiger partial charge < -0.3 is 10.6 Å². The summed E-state index contributed by atoms with van der Waals surface area (Å²) in [4.78, 5) is 14.5. The Morgan fingerprint density at radius 3 is 2.65 bits per heavy atom. The lowest BCUT2D eigenvalue weighted by Crippen LogP contribution is -2.49. The van der Waals surface area contributed by atoms with Crippen molar-refractivity contribution in [2.45, 2.75) is 65.5 Å². The largest absolute Gasteiger partial charge is 0.350 e. The predicted octanol–water partition coefficient (Wildman–Crippen LogP) is 2.00. The molecule has 1 aliphatic rings. The number of carbonyl (C=O) groups is 1. The smallest absolute Gasteiger partial charge is 0.234 e. The topological polar surface area (TPSA) is 44.4 Å². The summed E-state index contributed by atoms with van der Waals surface area (Å²) >= 11 is 0. The van der Waals surface area contributed by atoms with Crippen LogP contribution in [0, 0.1) is 5.92 Å². The molecule has 118 valence electrons. The van der Waals surface area contributed by atoms with Crippen LogP contribution in [-0.4, -0.2) is 48.6 Å². The van der Waals surface area contributed by atoms with Crippen LogP contribution in [0.4, 0.5) is 0 Å². The second-order valence-electron chi connectivity index (χ2n) is 7.17. The molecule has 0 radical (unpaired) electrons. The van der Waals surface area contributed by atoms with Gasteiger partial charge in [-0.25, -0.2) is 0 Å². The van der Waals surface area contributed by atoms with Crippen LogP contribution in [0.25, 0.3) is 0 Å². The quantitative estimate of drug-likeness (QED) is 0.716. The van der Waals surface area contributed by atoms with Gasteiger partial charge >= 0.3 is 0 Å². The summed E-state index contributed by atoms with van der Waals surface area (Å²) in [5.41, 5.74) is -0.105. The zero-order valence-corrected chi connectivity index (χ0v) is 14.0. The van der Waals surface area contributed by atoms with Gasteiger partial charge in [-0.1, -0.05) is 20.8 Å². The third kappa shape index (κ3) is 6.71. The van der Waals surface area contributed by atoms with E-state index in [2.05, 4.69) is 50.2 Å². The van der Waals surface area contributed by atoms with Gasteiger partial charge in [-0.2, -0.15) is 0 Å². The van der Waals surface area contributed by atoms with E-state index in [0.29, 0.717) is 18.5 Å². The molecule has 1 rings (SSSR count). The second kappa shape index (κ2) is 7.99. The van der Waals surface area contributed by atoms with Crippen LogP contribution in [0.5, 0.6) is 0 Å². The molecule has 1 aliphatic heterocycles. The molecule has 1 unspecified atom stereocenters. The fourth-order valence-corrected chi connectivity index (χ4v) is 2.65. The zero-order chi connectivity index (χ0) is 15.2. The highest BCUT2D eigenvalue weighted by molar-refractivity contribution is 5.78. The van der Waals surface area contributed by atoms with E-state index in [9.17, 15) is 4.79 Å². The van der Waals surface area contributed by atoms with Crippen LogP contribution in [0.15, 0.2) is 0 Å². The molecule has 2 N–H and O–H groups in total. The Balaban J connectivity index is 2.48. The first-order chi connectivity index (χ1) is 9.32. The van der Waals surface area contributed by atoms with E-state index in [1.54, 1.807) is 0 Å². The highest BCUT2D eigenvalue weighted by Gasteiger charge is 2.23. The van der Waals surface area contributed by atoms with Crippen molar-refractivity contribution in [2.24, 2.45) is 5.92 Å². The summed E-state index contributed by atoms with van der Waals surface area (Å²) in [5.74, 6) is 0.735. The molecule has 0 aromatic rings. The van der Waals surface area contributed by atoms with Gasteiger partial charge in [0.15, 0.2) is 0 Å². The van der Waals surface area contributed by atoms with Gasteiger partial charge in [-0.15, -0.1) is 0 Å². The molecular formula is C16H33N3O. The van der Waals surface area contributed by atoms with Gasteiger partial charge in [0.25, 0.3) is 0 Å². The molecule has 0 bridgehead atoms. The standard InChI is InChI=1S/C16H33N3O/c1-6-16(4,5)18-15(20)12-19(10-13(2)3)11-14-8-7-9-17-14/h13-14,17H,6-12H2,1-5H3,(H,18,20). The maximum atomic E-state index is 12.2. The number of amides is 1. The first-order valence-electron chi connectivity index (χ1n) is 8.09. The highest BCUT2D eigenvalue weighted by Crippen LogP contribution is 2.10. The van der Waals surface area contributed by atoms with E-state index in [1.807, 2.05) is 0 Å². The molecule has 0 saturated carbocycles. The molecule has 0 aromatic carbocycles. The SMILES string of the molecule is CCC(C)(C)NC(=O)CN(CC(C)C)CC1CCCN1. The summed E-state index contributed by atoms with van der Waals surface area (Å²) < 4.78 is 0. The lowest BCUT2D eigenvalue weighted by atomic mass is 10.0. The number of carbonyl (C=O) groups excluding carboxylic acids is 1. The summed E-state index contributed by atoms with van der Waals surface area (Å²) in [7, 11) is 0. The van der Waals surface area contributed by atoms with Crippen LogP contribution in [0.2, 0.25) is 0 Å². The first kappa shape index (κ1) is 17.4. The van der Waals surface area contributed by atoms with Crippen molar-refractivity contribution in [2.75, 3.05) is 26.2 Å². The molecule has 1 heterocycles. The Hall–Kier alpha value is -0.610. The normalized spacial score (nSPS) is 19.9. The Kier molecular flexibility index (Phi) is 6.96. The predicted molar refractivity (Wildman–Crippen MR) is 84.8 cm³/mol. The Bertz CT molecular complexity index is 296. The van der Waals surface area contributed by atoms with Gasteiger partial charge in [0.1, 0.15) is 0 Å². The van der Waals surface area contributed by atoms with Gasteiger partial charge in [-0.05, 0) is 45.6 Å². The van der Waals surface area contributed by atoms with Crippen LogP contribution >= 0.6 is 0 Å². The molecule has 0 aromatic heterocycles. The minimum Gasteiger partial charge on any atom is -0.350 e. The zero-order valence-electron chi connectivity index (χ0n) is 14.0. The minimum atomic E-state index is -0.105. The lowest BCUT2D eigenvalue weighted by Gasteiger charge is -2.30. The number of nitrogens with zero attached hydrogens (tertiary/aromatic N) is 1. The van der Waals surface area contributed by atoms with Crippen molar-refractivity contribution in [1.29, 1.82) is 0 Å². The fraction of sp³-hybridized carbons (Fsp3) is 0.938. The summed E-state index contributed by atoms with van der Waals surface area (Å²) in [6.07, 6.45) is 3.44. The van der Waals surface area contributed by atoms with E-state index in [4.69, 9.17) is 0 Å². The highest BCUT2D eigenvalue weighted by atomic mass is 16.2. The minimum absolute atomic E-state index is 0.105. The van der Waals surface area contributed by atoms with E-state index < -0.39 is 0 Å². The van der Waals surface area contributed by atoms with E-state index >= 15 is 0 Å². The van der Waals surface area contributed by atoms with Crippen molar-refractivity contribution in [3.8, 4) is 0 Å². The van der Waals surface area contributed by atoms with Gasteiger partial charge in [0.05, 0.1) is 6.54 Å². The van der Waals surface area contributed by atoms with E-state index in [-0.39, 0.29) is 11.4 Å². The molecule has 4 nitrogen and oxygen atoms in total. The van der Waals surface area contributed by atoms with E-state index in [0.717, 1.165) is 26.1 Å². The van der Waals surface area contributed by atoms with Crippen LogP contribution < -0.4 is 10.6 Å². The first-order valence-corrected chi connectivity index (χ1v) is 8.09. The van der Waals surface area contributed by atoms with Crippen molar-refractivity contribution in [3.63, 3.8) is 0 Å². The molecule has 4 heteroatoms. The second-order valence-corrected chi connectivity index (χ2v) is 7.17. The van der Waals surface area contributed by atoms with Crippen molar-refractivity contribution in [3.05, 3.63) is 0 Å². The Morgan fingerprint density at radius 2 is 2.15 bits per heavy atom. The summed E-state index contributed by atoms with van der Waals surface area (Å²) in [5, 5.41) is 6.65. The number of rotatable bonds is 8. The van der Waals surface area contributed by atoms with E-state index in [1.165, 1.54) is 12.8 Å². The average molecular weight is 283 g/mol.